The third kappa shape index (κ3) is 4.96. The van der Waals surface area contributed by atoms with E-state index in [1.165, 1.54) is 0 Å². The number of ether oxygens (including phenoxy) is 3. The molecule has 1 aromatic rings. The van der Waals surface area contributed by atoms with Crippen LogP contribution in [0.15, 0.2) is 18.2 Å². The molecule has 0 aliphatic carbocycles. The van der Waals surface area contributed by atoms with Gasteiger partial charge in [0.2, 0.25) is 0 Å². The number of hydrogen-bond donors (Lipinski definition) is 1. The monoisotopic (exact) mass is 392 g/mol. The number of methoxy groups -OCH3 is 1. The van der Waals surface area contributed by atoms with Gasteiger partial charge in [-0.3, -0.25) is 4.79 Å². The number of carbonyl (C=O) groups excluding carboxylic acids is 1. The van der Waals surface area contributed by atoms with Crippen molar-refractivity contribution < 1.29 is 24.1 Å². The van der Waals surface area contributed by atoms with Gasteiger partial charge < -0.3 is 29.1 Å². The SMILES string of the molecule is COc1cc(C(=O)N2C[C@@H](O)[C@H](OC(C)C)C2)ccc1OC1CCN(C)CC1. The van der Waals surface area contributed by atoms with Crippen LogP contribution in [0, 0.1) is 0 Å². The van der Waals surface area contributed by atoms with E-state index >= 15 is 0 Å². The maximum absolute atomic E-state index is 12.9. The van der Waals surface area contributed by atoms with Gasteiger partial charge in [-0.15, -0.1) is 0 Å². The first kappa shape index (κ1) is 20.9. The number of piperidine rings is 1. The minimum absolute atomic E-state index is 0.00537. The van der Waals surface area contributed by atoms with E-state index in [9.17, 15) is 9.90 Å². The van der Waals surface area contributed by atoms with E-state index in [-0.39, 0.29) is 30.8 Å². The molecule has 1 amide bonds. The second-order valence-corrected chi connectivity index (χ2v) is 7.99. The van der Waals surface area contributed by atoms with Crippen LogP contribution in [0.4, 0.5) is 0 Å². The maximum Gasteiger partial charge on any atom is 0.254 e. The lowest BCUT2D eigenvalue weighted by atomic mass is 10.1. The number of carbonyl (C=O) groups is 1. The number of nitrogens with zero attached hydrogens (tertiary/aromatic N) is 2. The van der Waals surface area contributed by atoms with Gasteiger partial charge in [-0.25, -0.2) is 0 Å². The quantitative estimate of drug-likeness (QED) is 0.796. The molecular formula is C21H32N2O5. The third-order valence-electron chi connectivity index (χ3n) is 5.34. The summed E-state index contributed by atoms with van der Waals surface area (Å²) in [5.41, 5.74) is 0.518. The van der Waals surface area contributed by atoms with E-state index in [2.05, 4.69) is 11.9 Å². The lowest BCUT2D eigenvalue weighted by Gasteiger charge is -2.29. The summed E-state index contributed by atoms with van der Waals surface area (Å²) in [5, 5.41) is 10.2. The summed E-state index contributed by atoms with van der Waals surface area (Å²) < 4.78 is 17.3. The minimum atomic E-state index is -0.666. The van der Waals surface area contributed by atoms with Gasteiger partial charge in [-0.1, -0.05) is 0 Å². The Kier molecular flexibility index (Phi) is 6.80. The van der Waals surface area contributed by atoms with Gasteiger partial charge in [0.05, 0.1) is 19.3 Å². The van der Waals surface area contributed by atoms with E-state index in [4.69, 9.17) is 14.2 Å². The normalized spacial score (nSPS) is 24.0. The molecule has 0 unspecified atom stereocenters. The summed E-state index contributed by atoms with van der Waals surface area (Å²) in [6.07, 6.45) is 1.10. The highest BCUT2D eigenvalue weighted by Gasteiger charge is 2.35. The average Bonchev–Trinajstić information content (AvgIpc) is 3.03. The molecular weight excluding hydrogens is 360 g/mol. The largest absolute Gasteiger partial charge is 0.493 e. The molecule has 7 nitrogen and oxygen atoms in total. The van der Waals surface area contributed by atoms with Crippen LogP contribution >= 0.6 is 0 Å². The van der Waals surface area contributed by atoms with Crippen LogP contribution in [0.5, 0.6) is 11.5 Å². The Labute approximate surface area is 167 Å². The smallest absolute Gasteiger partial charge is 0.254 e. The van der Waals surface area contributed by atoms with Gasteiger partial charge in [0.25, 0.3) is 5.91 Å². The van der Waals surface area contributed by atoms with E-state index in [0.29, 0.717) is 23.6 Å². The maximum atomic E-state index is 12.9. The zero-order valence-electron chi connectivity index (χ0n) is 17.3. The van der Waals surface area contributed by atoms with Crippen molar-refractivity contribution in [2.24, 2.45) is 0 Å². The van der Waals surface area contributed by atoms with E-state index in [1.807, 2.05) is 13.8 Å². The number of β-amino-alcohol motifs (C(OH)–C–C–N with tert-alkyl or cyclic N) is 1. The van der Waals surface area contributed by atoms with Crippen molar-refractivity contribution in [1.82, 2.24) is 9.80 Å². The van der Waals surface area contributed by atoms with Gasteiger partial charge in [-0.2, -0.15) is 0 Å². The predicted octanol–water partition coefficient (Wildman–Crippen LogP) is 1.78. The van der Waals surface area contributed by atoms with Crippen molar-refractivity contribution in [3.8, 4) is 11.5 Å². The number of hydrogen-bond acceptors (Lipinski definition) is 6. The summed E-state index contributed by atoms with van der Waals surface area (Å²) >= 11 is 0. The fourth-order valence-corrected chi connectivity index (χ4v) is 3.77. The van der Waals surface area contributed by atoms with Crippen molar-refractivity contribution in [3.63, 3.8) is 0 Å². The first-order valence-electron chi connectivity index (χ1n) is 10.0. The Morgan fingerprint density at radius 2 is 1.89 bits per heavy atom. The highest BCUT2D eigenvalue weighted by atomic mass is 16.5. The number of aliphatic hydroxyl groups excluding tert-OH is 1. The topological polar surface area (TPSA) is 71.5 Å². The standard InChI is InChI=1S/C21H32N2O5/c1-14(2)27-20-13-23(12-17(20)24)21(25)15-5-6-18(19(11-15)26-4)28-16-7-9-22(3)10-8-16/h5-6,11,14,16-17,20,24H,7-10,12-13H2,1-4H3/t17-,20-/m1/s1. The molecule has 2 aliphatic rings. The molecule has 0 radical (unpaired) electrons. The Hall–Kier alpha value is -1.83. The van der Waals surface area contributed by atoms with Crippen molar-refractivity contribution in [2.75, 3.05) is 40.3 Å². The zero-order valence-corrected chi connectivity index (χ0v) is 17.3. The minimum Gasteiger partial charge on any atom is -0.493 e. The lowest BCUT2D eigenvalue weighted by Crippen LogP contribution is -2.35. The summed E-state index contributed by atoms with van der Waals surface area (Å²) in [6, 6.07) is 5.28. The first-order valence-corrected chi connectivity index (χ1v) is 10.0. The Balaban J connectivity index is 1.67. The molecule has 3 rings (SSSR count). The van der Waals surface area contributed by atoms with Crippen LogP contribution in [0.1, 0.15) is 37.0 Å². The van der Waals surface area contributed by atoms with Crippen LogP contribution in [0.2, 0.25) is 0 Å². The second-order valence-electron chi connectivity index (χ2n) is 7.99. The van der Waals surface area contributed by atoms with Gasteiger partial charge in [0.15, 0.2) is 11.5 Å². The number of rotatable bonds is 6. The molecule has 1 N–H and O–H groups in total. The van der Waals surface area contributed by atoms with Crippen molar-refractivity contribution in [3.05, 3.63) is 23.8 Å². The molecule has 0 bridgehead atoms. The van der Waals surface area contributed by atoms with Crippen LogP contribution in [-0.4, -0.2) is 85.6 Å². The van der Waals surface area contributed by atoms with Crippen molar-refractivity contribution >= 4 is 5.91 Å². The molecule has 7 heteroatoms. The van der Waals surface area contributed by atoms with Crippen LogP contribution in [-0.2, 0) is 4.74 Å². The second kappa shape index (κ2) is 9.11. The van der Waals surface area contributed by atoms with Gasteiger partial charge >= 0.3 is 0 Å². The Bertz CT molecular complexity index is 673. The molecule has 156 valence electrons. The van der Waals surface area contributed by atoms with Crippen LogP contribution in [0.25, 0.3) is 0 Å². The fraction of sp³-hybridized carbons (Fsp3) is 0.667. The molecule has 1 aromatic carbocycles. The molecule has 0 saturated carbocycles. The number of likely N-dealkylation sites (tertiary alicyclic amines) is 2. The number of benzene rings is 1. The highest BCUT2D eigenvalue weighted by Crippen LogP contribution is 2.31. The average molecular weight is 392 g/mol. The Morgan fingerprint density at radius 1 is 1.18 bits per heavy atom. The third-order valence-corrected chi connectivity index (χ3v) is 5.34. The van der Waals surface area contributed by atoms with E-state index in [0.717, 1.165) is 25.9 Å². The van der Waals surface area contributed by atoms with Gasteiger partial charge in [0.1, 0.15) is 12.2 Å². The van der Waals surface area contributed by atoms with Gasteiger partial charge in [0, 0.05) is 31.7 Å². The molecule has 28 heavy (non-hydrogen) atoms. The van der Waals surface area contributed by atoms with Crippen LogP contribution in [0.3, 0.4) is 0 Å². The zero-order chi connectivity index (χ0) is 20.3. The van der Waals surface area contributed by atoms with Gasteiger partial charge in [-0.05, 0) is 51.9 Å². The molecule has 2 atom stereocenters. The molecule has 2 heterocycles. The molecule has 2 fully saturated rings. The molecule has 0 aromatic heterocycles. The molecule has 2 aliphatic heterocycles. The number of aliphatic hydroxyl groups is 1. The molecule has 0 spiro atoms. The van der Waals surface area contributed by atoms with E-state index < -0.39 is 6.10 Å². The van der Waals surface area contributed by atoms with Crippen molar-refractivity contribution in [2.45, 2.75) is 51.1 Å². The summed E-state index contributed by atoms with van der Waals surface area (Å²) in [4.78, 5) is 16.8. The molecule has 2 saturated heterocycles. The lowest BCUT2D eigenvalue weighted by molar-refractivity contribution is -0.0394. The number of amides is 1. The first-order chi connectivity index (χ1) is 13.4. The summed E-state index contributed by atoms with van der Waals surface area (Å²) in [7, 11) is 3.69. The highest BCUT2D eigenvalue weighted by molar-refractivity contribution is 5.95. The van der Waals surface area contributed by atoms with Crippen molar-refractivity contribution in [1.29, 1.82) is 0 Å². The van der Waals surface area contributed by atoms with Crippen LogP contribution < -0.4 is 9.47 Å². The Morgan fingerprint density at radius 3 is 2.54 bits per heavy atom. The van der Waals surface area contributed by atoms with E-state index in [1.54, 1.807) is 30.2 Å². The fourth-order valence-electron chi connectivity index (χ4n) is 3.77. The summed E-state index contributed by atoms with van der Waals surface area (Å²) in [6.45, 7) is 6.53. The predicted molar refractivity (Wildman–Crippen MR) is 106 cm³/mol. The summed E-state index contributed by atoms with van der Waals surface area (Å²) in [5.74, 6) is 1.08.